The maximum Gasteiger partial charge on any atom is 0.394 e. The van der Waals surface area contributed by atoms with Gasteiger partial charge in [0.1, 0.15) is 6.04 Å². The predicted octanol–water partition coefficient (Wildman–Crippen LogP) is -1.19. The Morgan fingerprint density at radius 1 is 1.43 bits per heavy atom. The Hall–Kier alpha value is -1.59. The quantitative estimate of drug-likeness (QED) is 0.521. The summed E-state index contributed by atoms with van der Waals surface area (Å²) in [5, 5.41) is 10.9. The topological polar surface area (TPSA) is 86.7 Å². The molecule has 1 atom stereocenters. The van der Waals surface area contributed by atoms with E-state index in [1.54, 1.807) is 0 Å². The Bertz CT molecular complexity index is 277. The first-order chi connectivity index (χ1) is 6.57. The zero-order valence-corrected chi connectivity index (χ0v) is 7.82. The number of carbonyl (C=O) groups is 3. The number of nitrogens with one attached hydrogen (secondary N) is 1. The van der Waals surface area contributed by atoms with Crippen molar-refractivity contribution in [2.75, 3.05) is 13.6 Å². The summed E-state index contributed by atoms with van der Waals surface area (Å²) in [7, 11) is 1.46. The molecule has 2 N–H and O–H groups in total. The Morgan fingerprint density at radius 2 is 2.07 bits per heavy atom. The minimum absolute atomic E-state index is 0.308. The van der Waals surface area contributed by atoms with Crippen molar-refractivity contribution in [3.63, 3.8) is 0 Å². The molecule has 6 heteroatoms. The number of likely N-dealkylation sites (N-methyl/N-ethyl adjacent to an activating group) is 1. The fourth-order valence-electron chi connectivity index (χ4n) is 1.57. The smallest absolute Gasteiger partial charge is 0.394 e. The lowest BCUT2D eigenvalue weighted by atomic mass is 10.2. The maximum atomic E-state index is 11.3. The zero-order valence-electron chi connectivity index (χ0n) is 7.82. The molecule has 14 heavy (non-hydrogen) atoms. The van der Waals surface area contributed by atoms with Crippen LogP contribution in [0.15, 0.2) is 0 Å². The minimum Gasteiger partial charge on any atom is -0.474 e. The molecule has 0 radical (unpaired) electrons. The standard InChI is InChI=1S/C8H12N2O4/c1-9-6(11)5-3-2-4-10(5)7(12)8(13)14/h5H,2-4H2,1H3,(H,9,11)(H,13,14). The third kappa shape index (κ3) is 1.84. The maximum absolute atomic E-state index is 11.3. The van der Waals surface area contributed by atoms with Gasteiger partial charge in [-0.2, -0.15) is 0 Å². The molecule has 0 aromatic carbocycles. The number of carboxylic acids is 1. The largest absolute Gasteiger partial charge is 0.474 e. The summed E-state index contributed by atoms with van der Waals surface area (Å²) in [5.74, 6) is -2.82. The Labute approximate surface area is 80.9 Å². The molecule has 1 fully saturated rings. The molecule has 0 saturated carbocycles. The Kier molecular flexibility index (Phi) is 3.06. The van der Waals surface area contributed by atoms with E-state index in [-0.39, 0.29) is 5.91 Å². The van der Waals surface area contributed by atoms with Crippen LogP contribution in [0.2, 0.25) is 0 Å². The highest BCUT2D eigenvalue weighted by Gasteiger charge is 2.36. The summed E-state index contributed by atoms with van der Waals surface area (Å²) in [6.07, 6.45) is 1.19. The second kappa shape index (κ2) is 4.08. The van der Waals surface area contributed by atoms with Gasteiger partial charge in [0.25, 0.3) is 0 Å². The van der Waals surface area contributed by atoms with Crippen molar-refractivity contribution in [2.45, 2.75) is 18.9 Å². The van der Waals surface area contributed by atoms with E-state index >= 15 is 0 Å². The molecule has 1 aliphatic rings. The van der Waals surface area contributed by atoms with E-state index in [9.17, 15) is 14.4 Å². The molecule has 2 amide bonds. The molecular formula is C8H12N2O4. The predicted molar refractivity (Wildman–Crippen MR) is 46.4 cm³/mol. The number of carbonyl (C=O) groups excluding carboxylic acids is 2. The SMILES string of the molecule is CNC(=O)C1CCCN1C(=O)C(=O)O. The van der Waals surface area contributed by atoms with Gasteiger partial charge in [-0.1, -0.05) is 0 Å². The van der Waals surface area contributed by atoms with Crippen LogP contribution < -0.4 is 5.32 Å². The van der Waals surface area contributed by atoms with Gasteiger partial charge in [-0.05, 0) is 12.8 Å². The normalized spacial score (nSPS) is 20.6. The molecule has 78 valence electrons. The van der Waals surface area contributed by atoms with Crippen molar-refractivity contribution in [3.05, 3.63) is 0 Å². The first-order valence-electron chi connectivity index (χ1n) is 4.33. The minimum atomic E-state index is -1.51. The van der Waals surface area contributed by atoms with Gasteiger partial charge in [-0.15, -0.1) is 0 Å². The Morgan fingerprint density at radius 3 is 2.57 bits per heavy atom. The van der Waals surface area contributed by atoms with E-state index in [0.29, 0.717) is 19.4 Å². The van der Waals surface area contributed by atoms with Crippen molar-refractivity contribution < 1.29 is 19.5 Å². The molecular weight excluding hydrogens is 188 g/mol. The molecule has 1 heterocycles. The fraction of sp³-hybridized carbons (Fsp3) is 0.625. The summed E-state index contributed by atoms with van der Waals surface area (Å²) >= 11 is 0. The van der Waals surface area contributed by atoms with Gasteiger partial charge in [0.15, 0.2) is 0 Å². The van der Waals surface area contributed by atoms with Crippen LogP contribution in [0.3, 0.4) is 0 Å². The highest BCUT2D eigenvalue weighted by atomic mass is 16.4. The number of hydrogen-bond acceptors (Lipinski definition) is 3. The van der Waals surface area contributed by atoms with Crippen molar-refractivity contribution in [1.82, 2.24) is 10.2 Å². The van der Waals surface area contributed by atoms with E-state index in [0.717, 1.165) is 4.90 Å². The van der Waals surface area contributed by atoms with Crippen LogP contribution in [0, 0.1) is 0 Å². The number of nitrogens with zero attached hydrogens (tertiary/aromatic N) is 1. The summed E-state index contributed by atoms with van der Waals surface area (Å²) in [5.41, 5.74) is 0. The highest BCUT2D eigenvalue weighted by Crippen LogP contribution is 2.17. The first kappa shape index (κ1) is 10.5. The number of aliphatic carboxylic acids is 1. The van der Waals surface area contributed by atoms with Crippen molar-refractivity contribution in [2.24, 2.45) is 0 Å². The van der Waals surface area contributed by atoms with E-state index in [4.69, 9.17) is 5.11 Å². The van der Waals surface area contributed by atoms with E-state index in [1.165, 1.54) is 7.05 Å². The second-order valence-electron chi connectivity index (χ2n) is 3.08. The lowest BCUT2D eigenvalue weighted by molar-refractivity contribution is -0.157. The van der Waals surface area contributed by atoms with E-state index < -0.39 is 17.9 Å². The van der Waals surface area contributed by atoms with Gasteiger partial charge in [0.2, 0.25) is 5.91 Å². The molecule has 0 bridgehead atoms. The first-order valence-corrected chi connectivity index (χ1v) is 4.33. The van der Waals surface area contributed by atoms with Gasteiger partial charge in [0, 0.05) is 13.6 Å². The lowest BCUT2D eigenvalue weighted by Crippen LogP contribution is -2.47. The van der Waals surface area contributed by atoms with Crippen LogP contribution in [0.25, 0.3) is 0 Å². The molecule has 0 spiro atoms. The summed E-state index contributed by atoms with van der Waals surface area (Å²) in [6, 6.07) is -0.622. The monoisotopic (exact) mass is 200 g/mol. The third-order valence-corrected chi connectivity index (χ3v) is 2.25. The number of carboxylic acid groups (broad SMARTS) is 1. The van der Waals surface area contributed by atoms with Crippen LogP contribution in [0.5, 0.6) is 0 Å². The van der Waals surface area contributed by atoms with Gasteiger partial charge >= 0.3 is 11.9 Å². The number of amides is 2. The molecule has 1 rings (SSSR count). The van der Waals surface area contributed by atoms with Crippen LogP contribution in [0.1, 0.15) is 12.8 Å². The molecule has 1 aliphatic heterocycles. The number of rotatable bonds is 1. The lowest BCUT2D eigenvalue weighted by Gasteiger charge is -2.20. The van der Waals surface area contributed by atoms with Gasteiger partial charge < -0.3 is 15.3 Å². The summed E-state index contributed by atoms with van der Waals surface area (Å²) in [4.78, 5) is 33.9. The van der Waals surface area contributed by atoms with Gasteiger partial charge in [-0.25, -0.2) is 4.79 Å². The van der Waals surface area contributed by atoms with Crippen LogP contribution >= 0.6 is 0 Å². The summed E-state index contributed by atoms with van der Waals surface area (Å²) < 4.78 is 0. The van der Waals surface area contributed by atoms with E-state index in [2.05, 4.69) is 5.32 Å². The van der Waals surface area contributed by atoms with Gasteiger partial charge in [-0.3, -0.25) is 9.59 Å². The van der Waals surface area contributed by atoms with Crippen LogP contribution in [0.4, 0.5) is 0 Å². The number of likely N-dealkylation sites (tertiary alicyclic amines) is 1. The van der Waals surface area contributed by atoms with Gasteiger partial charge in [0.05, 0.1) is 0 Å². The zero-order chi connectivity index (χ0) is 10.7. The molecule has 1 saturated heterocycles. The highest BCUT2D eigenvalue weighted by molar-refractivity contribution is 6.32. The summed E-state index contributed by atoms with van der Waals surface area (Å²) in [6.45, 7) is 0.337. The molecule has 0 aromatic rings. The van der Waals surface area contributed by atoms with Crippen molar-refractivity contribution >= 4 is 17.8 Å². The molecule has 1 unspecified atom stereocenters. The van der Waals surface area contributed by atoms with Crippen LogP contribution in [-0.4, -0.2) is 47.4 Å². The average Bonchev–Trinajstić information content (AvgIpc) is 2.63. The molecule has 0 aliphatic carbocycles. The molecule has 0 aromatic heterocycles. The second-order valence-corrected chi connectivity index (χ2v) is 3.08. The average molecular weight is 200 g/mol. The van der Waals surface area contributed by atoms with Crippen molar-refractivity contribution in [3.8, 4) is 0 Å². The number of hydrogen-bond donors (Lipinski definition) is 2. The third-order valence-electron chi connectivity index (χ3n) is 2.25. The Balaban J connectivity index is 2.73. The fourth-order valence-corrected chi connectivity index (χ4v) is 1.57. The molecule has 6 nitrogen and oxygen atoms in total. The van der Waals surface area contributed by atoms with Crippen molar-refractivity contribution in [1.29, 1.82) is 0 Å². The van der Waals surface area contributed by atoms with Crippen LogP contribution in [-0.2, 0) is 14.4 Å². The van der Waals surface area contributed by atoms with E-state index in [1.807, 2.05) is 0 Å².